The summed E-state index contributed by atoms with van der Waals surface area (Å²) in [6.45, 7) is 6.22. The molecule has 0 unspecified atom stereocenters. The summed E-state index contributed by atoms with van der Waals surface area (Å²) in [5.74, 6) is 3.20. The zero-order chi connectivity index (χ0) is 18.6. The molecule has 2 heterocycles. The minimum absolute atomic E-state index is 0.261. The molecule has 4 rings (SSSR count). The highest BCUT2D eigenvalue weighted by Gasteiger charge is 2.22. The molecule has 144 valence electrons. The molecule has 0 radical (unpaired) electrons. The number of nitrogens with zero attached hydrogens (tertiary/aromatic N) is 2. The van der Waals surface area contributed by atoms with Crippen LogP contribution in [0, 0.1) is 0 Å². The minimum atomic E-state index is 0.261. The SMILES string of the molecule is COc1ccccc1CN1CCN(Cc2cc(OC)c3c(c2)OCO3)CC1. The molecule has 0 N–H and O–H groups in total. The first-order chi connectivity index (χ1) is 13.3. The molecule has 6 nitrogen and oxygen atoms in total. The van der Waals surface area contributed by atoms with Crippen LogP contribution in [-0.2, 0) is 13.1 Å². The second-order valence-electron chi connectivity index (χ2n) is 6.90. The van der Waals surface area contributed by atoms with Gasteiger partial charge in [-0.3, -0.25) is 9.80 Å². The van der Waals surface area contributed by atoms with Crippen molar-refractivity contribution in [2.24, 2.45) is 0 Å². The predicted octanol–water partition coefficient (Wildman–Crippen LogP) is 2.75. The van der Waals surface area contributed by atoms with Gasteiger partial charge in [0.05, 0.1) is 14.2 Å². The van der Waals surface area contributed by atoms with E-state index in [0.29, 0.717) is 5.75 Å². The summed E-state index contributed by atoms with van der Waals surface area (Å²) in [6, 6.07) is 12.4. The quantitative estimate of drug-likeness (QED) is 0.779. The standard InChI is InChI=1S/C21H26N2O4/c1-24-18-6-4-3-5-17(18)14-23-9-7-22(8-10-23)13-16-11-19(25-2)21-20(12-16)26-15-27-21/h3-6,11-12H,7-10,13-15H2,1-2H3. The second-order valence-corrected chi connectivity index (χ2v) is 6.90. The highest BCUT2D eigenvalue weighted by atomic mass is 16.7. The number of rotatable bonds is 6. The van der Waals surface area contributed by atoms with Crippen LogP contribution in [0.5, 0.6) is 23.0 Å². The third-order valence-electron chi connectivity index (χ3n) is 5.18. The summed E-state index contributed by atoms with van der Waals surface area (Å²) < 4.78 is 21.9. The van der Waals surface area contributed by atoms with Crippen molar-refractivity contribution in [1.82, 2.24) is 9.80 Å². The normalized spacial score (nSPS) is 17.1. The van der Waals surface area contributed by atoms with Crippen LogP contribution in [0.1, 0.15) is 11.1 Å². The summed E-state index contributed by atoms with van der Waals surface area (Å²) in [6.07, 6.45) is 0. The van der Waals surface area contributed by atoms with Gasteiger partial charge in [0.15, 0.2) is 11.5 Å². The average Bonchev–Trinajstić information content (AvgIpc) is 3.18. The van der Waals surface area contributed by atoms with E-state index in [9.17, 15) is 0 Å². The fourth-order valence-electron chi connectivity index (χ4n) is 3.71. The molecule has 2 aromatic carbocycles. The van der Waals surface area contributed by atoms with Gasteiger partial charge in [0, 0.05) is 44.8 Å². The predicted molar refractivity (Wildman–Crippen MR) is 103 cm³/mol. The summed E-state index contributed by atoms with van der Waals surface area (Å²) in [5.41, 5.74) is 2.43. The Labute approximate surface area is 160 Å². The Hall–Kier alpha value is -2.44. The van der Waals surface area contributed by atoms with E-state index in [1.165, 1.54) is 11.1 Å². The molecule has 0 saturated carbocycles. The Morgan fingerprint density at radius 2 is 1.56 bits per heavy atom. The number of hydrogen-bond acceptors (Lipinski definition) is 6. The lowest BCUT2D eigenvalue weighted by Gasteiger charge is -2.35. The Morgan fingerprint density at radius 3 is 2.30 bits per heavy atom. The highest BCUT2D eigenvalue weighted by Crippen LogP contribution is 2.42. The van der Waals surface area contributed by atoms with E-state index in [-0.39, 0.29) is 6.79 Å². The molecule has 2 aliphatic rings. The number of methoxy groups -OCH3 is 2. The smallest absolute Gasteiger partial charge is 0.231 e. The molecular weight excluding hydrogens is 344 g/mol. The fraction of sp³-hybridized carbons (Fsp3) is 0.429. The lowest BCUT2D eigenvalue weighted by atomic mass is 10.1. The number of ether oxygens (including phenoxy) is 4. The third kappa shape index (κ3) is 3.96. The van der Waals surface area contributed by atoms with E-state index in [1.54, 1.807) is 14.2 Å². The van der Waals surface area contributed by atoms with Crippen molar-refractivity contribution < 1.29 is 18.9 Å². The number of fused-ring (bicyclic) bond motifs is 1. The summed E-state index contributed by atoms with van der Waals surface area (Å²) in [5, 5.41) is 0. The van der Waals surface area contributed by atoms with Crippen molar-refractivity contribution in [3.8, 4) is 23.0 Å². The number of para-hydroxylation sites is 1. The third-order valence-corrected chi connectivity index (χ3v) is 5.18. The Balaban J connectivity index is 1.35. The fourth-order valence-corrected chi connectivity index (χ4v) is 3.71. The van der Waals surface area contributed by atoms with Crippen LogP contribution in [-0.4, -0.2) is 57.0 Å². The first kappa shape index (κ1) is 17.9. The Morgan fingerprint density at radius 1 is 0.852 bits per heavy atom. The molecule has 6 heteroatoms. The molecule has 2 aromatic rings. The summed E-state index contributed by atoms with van der Waals surface area (Å²) in [7, 11) is 3.40. The highest BCUT2D eigenvalue weighted by molar-refractivity contribution is 5.55. The van der Waals surface area contributed by atoms with Gasteiger partial charge in [-0.25, -0.2) is 0 Å². The molecule has 0 aliphatic carbocycles. The van der Waals surface area contributed by atoms with Gasteiger partial charge in [-0.2, -0.15) is 0 Å². The molecule has 0 aromatic heterocycles. The average molecular weight is 370 g/mol. The maximum atomic E-state index is 5.54. The molecule has 0 atom stereocenters. The Bertz CT molecular complexity index is 788. The van der Waals surface area contributed by atoms with Gasteiger partial charge in [-0.1, -0.05) is 18.2 Å². The molecule has 0 amide bonds. The van der Waals surface area contributed by atoms with Gasteiger partial charge in [0.2, 0.25) is 12.5 Å². The van der Waals surface area contributed by atoms with Crippen LogP contribution < -0.4 is 18.9 Å². The van der Waals surface area contributed by atoms with Gasteiger partial charge in [-0.15, -0.1) is 0 Å². The summed E-state index contributed by atoms with van der Waals surface area (Å²) >= 11 is 0. The monoisotopic (exact) mass is 370 g/mol. The van der Waals surface area contributed by atoms with Crippen molar-refractivity contribution in [3.63, 3.8) is 0 Å². The summed E-state index contributed by atoms with van der Waals surface area (Å²) in [4.78, 5) is 4.95. The van der Waals surface area contributed by atoms with Crippen molar-refractivity contribution in [2.75, 3.05) is 47.2 Å². The van der Waals surface area contributed by atoms with Crippen molar-refractivity contribution in [3.05, 3.63) is 47.5 Å². The molecule has 1 fully saturated rings. The molecule has 0 bridgehead atoms. The van der Waals surface area contributed by atoms with Crippen molar-refractivity contribution >= 4 is 0 Å². The van der Waals surface area contributed by atoms with Crippen molar-refractivity contribution in [1.29, 1.82) is 0 Å². The van der Waals surface area contributed by atoms with Crippen LogP contribution in [0.4, 0.5) is 0 Å². The second kappa shape index (κ2) is 8.06. The molecule has 2 aliphatic heterocycles. The molecule has 27 heavy (non-hydrogen) atoms. The number of hydrogen-bond donors (Lipinski definition) is 0. The van der Waals surface area contributed by atoms with Gasteiger partial charge >= 0.3 is 0 Å². The van der Waals surface area contributed by atoms with E-state index in [0.717, 1.165) is 56.5 Å². The van der Waals surface area contributed by atoms with Crippen LogP contribution in [0.3, 0.4) is 0 Å². The zero-order valence-electron chi connectivity index (χ0n) is 15.9. The van der Waals surface area contributed by atoms with Crippen LogP contribution >= 0.6 is 0 Å². The number of piperazine rings is 1. The largest absolute Gasteiger partial charge is 0.496 e. The molecule has 0 spiro atoms. The van der Waals surface area contributed by atoms with E-state index in [2.05, 4.69) is 34.1 Å². The minimum Gasteiger partial charge on any atom is -0.496 e. The van der Waals surface area contributed by atoms with Crippen molar-refractivity contribution in [2.45, 2.75) is 13.1 Å². The first-order valence-electron chi connectivity index (χ1n) is 9.30. The van der Waals surface area contributed by atoms with E-state index in [4.69, 9.17) is 18.9 Å². The maximum absolute atomic E-state index is 5.54. The zero-order valence-corrected chi connectivity index (χ0v) is 15.9. The first-order valence-corrected chi connectivity index (χ1v) is 9.30. The van der Waals surface area contributed by atoms with E-state index >= 15 is 0 Å². The van der Waals surface area contributed by atoms with Crippen LogP contribution in [0.25, 0.3) is 0 Å². The lowest BCUT2D eigenvalue weighted by molar-refractivity contribution is 0.121. The van der Waals surface area contributed by atoms with Gasteiger partial charge in [0.25, 0.3) is 0 Å². The van der Waals surface area contributed by atoms with Gasteiger partial charge < -0.3 is 18.9 Å². The topological polar surface area (TPSA) is 43.4 Å². The Kier molecular flexibility index (Phi) is 5.36. The van der Waals surface area contributed by atoms with E-state index in [1.807, 2.05) is 12.1 Å². The van der Waals surface area contributed by atoms with Gasteiger partial charge in [0.1, 0.15) is 5.75 Å². The van der Waals surface area contributed by atoms with E-state index < -0.39 is 0 Å². The lowest BCUT2D eigenvalue weighted by Crippen LogP contribution is -2.45. The molecular formula is C21H26N2O4. The number of benzene rings is 2. The molecule has 1 saturated heterocycles. The van der Waals surface area contributed by atoms with Crippen LogP contribution in [0.2, 0.25) is 0 Å². The van der Waals surface area contributed by atoms with Crippen LogP contribution in [0.15, 0.2) is 36.4 Å². The maximum Gasteiger partial charge on any atom is 0.231 e. The van der Waals surface area contributed by atoms with Gasteiger partial charge in [-0.05, 0) is 23.8 Å².